The molecule has 1 N–H and O–H groups in total. The number of rotatable bonds is 38. The summed E-state index contributed by atoms with van der Waals surface area (Å²) in [7, 11) is 1.35. The van der Waals surface area contributed by atoms with Gasteiger partial charge in [-0.1, -0.05) is 148 Å². The first-order valence-electron chi connectivity index (χ1n) is 23.6. The molecule has 0 rings (SSSR count). The Balaban J connectivity index is 4.45. The molecule has 0 aromatic carbocycles. The van der Waals surface area contributed by atoms with Gasteiger partial charge in [-0.05, 0) is 38.5 Å². The molecular weight excluding hydrogens is 665 g/mol. The first kappa shape index (κ1) is 38.0. The second-order valence-electron chi connectivity index (χ2n) is 14.7. The largest absolute Gasteiger partial charge is 0.472 e. The molecule has 0 bridgehead atoms. The molecule has 0 aliphatic rings. The summed E-state index contributed by atoms with van der Waals surface area (Å²) in [5.74, 6) is -0.911. The molecule has 0 radical (unpaired) electrons. The molecule has 0 fully saturated rings. The van der Waals surface area contributed by atoms with E-state index < -0.39 is 52.1 Å². The lowest BCUT2D eigenvalue weighted by molar-refractivity contribution is -0.870. The molecule has 9 nitrogen and oxygen atoms in total. The highest BCUT2D eigenvalue weighted by Gasteiger charge is 2.27. The maximum absolute atomic E-state index is 12.7. The summed E-state index contributed by atoms with van der Waals surface area (Å²) < 4.78 is 87.1. The Kier molecular flexibility index (Phi) is 25.7. The third-order valence-electron chi connectivity index (χ3n) is 8.58. The van der Waals surface area contributed by atoms with Crippen LogP contribution in [0.25, 0.3) is 0 Å². The number of phosphoric ester groups is 1. The molecule has 0 heterocycles. The maximum atomic E-state index is 12.7. The summed E-state index contributed by atoms with van der Waals surface area (Å²) in [6.45, 7) is -1.03. The second-order valence-corrected chi connectivity index (χ2v) is 16.2. The van der Waals surface area contributed by atoms with E-state index in [0.29, 0.717) is 36.7 Å². The Morgan fingerprint density at radius 2 is 1.20 bits per heavy atom. The number of quaternary nitrogens is 1. The number of carbonyl (C=O) groups excluding carboxylic acids is 2. The Morgan fingerprint density at radius 1 is 0.706 bits per heavy atom. The average Bonchev–Trinajstić information content (AvgIpc) is 3.12. The molecule has 0 spiro atoms. The van der Waals surface area contributed by atoms with Gasteiger partial charge in [0.05, 0.1) is 27.7 Å². The van der Waals surface area contributed by atoms with E-state index in [1.165, 1.54) is 51.4 Å². The van der Waals surface area contributed by atoms with Crippen molar-refractivity contribution >= 4 is 19.8 Å². The van der Waals surface area contributed by atoms with Gasteiger partial charge in [-0.15, -0.1) is 0 Å². The topological polar surface area (TPSA) is 108 Å². The second kappa shape index (κ2) is 34.5. The Bertz CT molecular complexity index is 1150. The van der Waals surface area contributed by atoms with E-state index in [9.17, 15) is 19.0 Å². The summed E-state index contributed by atoms with van der Waals surface area (Å²) in [5, 5.41) is 0. The van der Waals surface area contributed by atoms with Gasteiger partial charge in [-0.3, -0.25) is 18.6 Å². The molecule has 0 saturated carbocycles. The van der Waals surface area contributed by atoms with E-state index in [0.717, 1.165) is 64.2 Å². The molecule has 10 heteroatoms. The van der Waals surface area contributed by atoms with Crippen molar-refractivity contribution in [1.82, 2.24) is 0 Å². The fourth-order valence-corrected chi connectivity index (χ4v) is 6.13. The van der Waals surface area contributed by atoms with Crippen LogP contribution in [0.4, 0.5) is 0 Å². The highest BCUT2D eigenvalue weighted by Crippen LogP contribution is 2.43. The van der Waals surface area contributed by atoms with Crippen LogP contribution in [0.1, 0.15) is 197 Å². The summed E-state index contributed by atoms with van der Waals surface area (Å²) in [5.41, 5.74) is 0. The minimum Gasteiger partial charge on any atom is -0.462 e. The smallest absolute Gasteiger partial charge is 0.462 e. The van der Waals surface area contributed by atoms with Crippen molar-refractivity contribution in [1.29, 1.82) is 0 Å². The van der Waals surface area contributed by atoms with Gasteiger partial charge in [-0.25, -0.2) is 4.57 Å². The maximum Gasteiger partial charge on any atom is 0.472 e. The molecule has 51 heavy (non-hydrogen) atoms. The zero-order valence-electron chi connectivity index (χ0n) is 39.9. The van der Waals surface area contributed by atoms with Crippen molar-refractivity contribution in [2.24, 2.45) is 0 Å². The van der Waals surface area contributed by atoms with E-state index >= 15 is 0 Å². The van der Waals surface area contributed by atoms with Gasteiger partial charge in [0.15, 0.2) is 6.10 Å². The van der Waals surface area contributed by atoms with Gasteiger partial charge in [0, 0.05) is 22.4 Å². The molecule has 0 aliphatic carbocycles. The van der Waals surface area contributed by atoms with Crippen molar-refractivity contribution < 1.29 is 51.6 Å². The first-order chi connectivity index (χ1) is 27.1. The third kappa shape index (κ3) is 38.3. The molecule has 0 aliphatic heterocycles. The number of phosphoric acid groups is 1. The van der Waals surface area contributed by atoms with Crippen LogP contribution in [0.5, 0.6) is 0 Å². The van der Waals surface area contributed by atoms with Crippen molar-refractivity contribution in [3.8, 4) is 0 Å². The standard InChI is InChI=1S/C41H80NO8P/c1-6-8-10-12-14-16-18-20-21-22-24-26-28-30-32-34-41(44)50-39(38-49-51(45,46)48-36-35-42(3,4)5)37-47-40(43)33-31-29-27-25-23-19-17-15-13-11-9-7-2/h20-21,39H,6-19,22-38H2,1-5H3/p+1/b21-20+/t39-/m1/s1/i1D3,6D2,8D2. The van der Waals surface area contributed by atoms with Gasteiger partial charge in [0.2, 0.25) is 0 Å². The fraction of sp³-hybridized carbons (Fsp3) is 0.902. The number of nitrogens with zero attached hydrogens (tertiary/aromatic N) is 1. The van der Waals surface area contributed by atoms with E-state index in [2.05, 4.69) is 19.1 Å². The normalized spacial score (nSPS) is 16.6. The number of allylic oxidation sites excluding steroid dienone is 2. The van der Waals surface area contributed by atoms with E-state index in [4.69, 9.17) is 28.1 Å². The zero-order chi connectivity index (χ0) is 44.0. The molecule has 0 aromatic heterocycles. The van der Waals surface area contributed by atoms with E-state index in [1.807, 2.05) is 21.1 Å². The lowest BCUT2D eigenvalue weighted by Gasteiger charge is -2.24. The molecule has 2 atom stereocenters. The highest BCUT2D eigenvalue weighted by atomic mass is 31.2. The fourth-order valence-electron chi connectivity index (χ4n) is 5.39. The third-order valence-corrected chi connectivity index (χ3v) is 9.57. The SMILES string of the molecule is [2H]C([2H])([2H])C([2H])([2H])C([2H])([2H])CCCCC/C=C/CCCCCCCC(=O)O[C@H](COC(=O)CCCCCCCCCCCCCC)COP(=O)(O)OCC[N+](C)(C)C. The van der Waals surface area contributed by atoms with Gasteiger partial charge >= 0.3 is 19.8 Å². The van der Waals surface area contributed by atoms with Crippen LogP contribution in [0.2, 0.25) is 0 Å². The number of unbranched alkanes of at least 4 members (excludes halogenated alkanes) is 19. The summed E-state index contributed by atoms with van der Waals surface area (Å²) >= 11 is 0. The van der Waals surface area contributed by atoms with Crippen LogP contribution in [0.3, 0.4) is 0 Å². The number of likely N-dealkylation sites (N-methyl/N-ethyl adjacent to an activating group) is 1. The lowest BCUT2D eigenvalue weighted by atomic mass is 10.0. The summed E-state index contributed by atoms with van der Waals surface area (Å²) in [6, 6.07) is 0. The van der Waals surface area contributed by atoms with Crippen LogP contribution >= 0.6 is 7.82 Å². The van der Waals surface area contributed by atoms with Crippen LogP contribution in [0, 0.1) is 0 Å². The Labute approximate surface area is 324 Å². The Morgan fingerprint density at radius 3 is 1.73 bits per heavy atom. The minimum absolute atomic E-state index is 0.00380. The van der Waals surface area contributed by atoms with Gasteiger partial charge in [0.1, 0.15) is 19.8 Å². The van der Waals surface area contributed by atoms with Crippen LogP contribution in [-0.2, 0) is 32.7 Å². The van der Waals surface area contributed by atoms with Crippen molar-refractivity contribution in [3.05, 3.63) is 12.2 Å². The first-order valence-corrected chi connectivity index (χ1v) is 21.6. The monoisotopic (exact) mass is 754 g/mol. The van der Waals surface area contributed by atoms with Gasteiger partial charge in [0.25, 0.3) is 0 Å². The number of ether oxygens (including phenoxy) is 2. The van der Waals surface area contributed by atoms with Crippen molar-refractivity contribution in [3.63, 3.8) is 0 Å². The number of carbonyl (C=O) groups is 2. The van der Waals surface area contributed by atoms with Crippen molar-refractivity contribution in [2.75, 3.05) is 47.5 Å². The van der Waals surface area contributed by atoms with Crippen LogP contribution in [0.15, 0.2) is 12.2 Å². The minimum atomic E-state index is -4.42. The van der Waals surface area contributed by atoms with E-state index in [-0.39, 0.29) is 32.5 Å². The molecule has 0 amide bonds. The van der Waals surface area contributed by atoms with Gasteiger partial charge < -0.3 is 18.9 Å². The van der Waals surface area contributed by atoms with Crippen molar-refractivity contribution in [2.45, 2.75) is 193 Å². The van der Waals surface area contributed by atoms with Crippen LogP contribution in [-0.4, -0.2) is 74.9 Å². The Hall–Kier alpha value is -1.25. The predicted octanol–water partition coefficient (Wildman–Crippen LogP) is 11.4. The molecule has 0 aromatic rings. The molecule has 0 saturated heterocycles. The summed E-state index contributed by atoms with van der Waals surface area (Å²) in [4.78, 5) is 35.3. The average molecular weight is 754 g/mol. The zero-order valence-corrected chi connectivity index (χ0v) is 33.8. The quantitative estimate of drug-likeness (QED) is 0.0218. The number of hydrogen-bond donors (Lipinski definition) is 1. The molecule has 1 unspecified atom stereocenters. The highest BCUT2D eigenvalue weighted by molar-refractivity contribution is 7.47. The molecular formula is C41H81NO8P+. The number of esters is 2. The molecule has 302 valence electrons. The van der Waals surface area contributed by atoms with Crippen LogP contribution < -0.4 is 0 Å². The van der Waals surface area contributed by atoms with Gasteiger partial charge in [-0.2, -0.15) is 0 Å². The summed E-state index contributed by atoms with van der Waals surface area (Å²) in [6.07, 6.45) is 20.4. The number of hydrogen-bond acceptors (Lipinski definition) is 7. The predicted molar refractivity (Wildman–Crippen MR) is 211 cm³/mol. The van der Waals surface area contributed by atoms with E-state index in [1.54, 1.807) is 0 Å². The lowest BCUT2D eigenvalue weighted by Crippen LogP contribution is -2.37.